The van der Waals surface area contributed by atoms with Crippen LogP contribution in [-0.2, 0) is 25.6 Å². The summed E-state index contributed by atoms with van der Waals surface area (Å²) in [4.78, 5) is 30.7. The van der Waals surface area contributed by atoms with Gasteiger partial charge in [-0.1, -0.05) is 33.3 Å². The second kappa shape index (κ2) is 19.7. The minimum Gasteiger partial charge on any atom is -0.493 e. The van der Waals surface area contributed by atoms with E-state index in [2.05, 4.69) is 24.6 Å². The molecular weight excluding hydrogens is 536 g/mol. The molecule has 0 spiro atoms. The summed E-state index contributed by atoms with van der Waals surface area (Å²) in [5, 5.41) is 14.3. The van der Waals surface area contributed by atoms with Crippen molar-refractivity contribution in [3.63, 3.8) is 0 Å². The maximum absolute atomic E-state index is 12.7. The zero-order valence-electron chi connectivity index (χ0n) is 27.4. The van der Waals surface area contributed by atoms with Gasteiger partial charge in [-0.3, -0.25) is 9.63 Å². The van der Waals surface area contributed by atoms with E-state index in [1.807, 2.05) is 58.8 Å². The number of aliphatic hydroxyl groups is 1. The van der Waals surface area contributed by atoms with Crippen molar-refractivity contribution in [3.05, 3.63) is 29.3 Å². The van der Waals surface area contributed by atoms with Crippen LogP contribution >= 0.6 is 0 Å². The van der Waals surface area contributed by atoms with Crippen LogP contribution in [0.4, 0.5) is 0 Å². The van der Waals surface area contributed by atoms with Crippen molar-refractivity contribution in [1.29, 1.82) is 0 Å². The van der Waals surface area contributed by atoms with E-state index in [-0.39, 0.29) is 23.3 Å². The highest BCUT2D eigenvalue weighted by molar-refractivity contribution is 5.84. The molecule has 1 aromatic carbocycles. The molecule has 9 heteroatoms. The minimum absolute atomic E-state index is 0.00806. The molecule has 0 saturated heterocycles. The van der Waals surface area contributed by atoms with Gasteiger partial charge in [0.2, 0.25) is 5.91 Å². The standard InChI is InChI=1S/C33H56N2O7/c1-10-12-16-34-32(38)24(5)27(22-36)31(37)28(35-42-33(6,7)8)21-26(23(3)4)19-25-14-15-29(39-9)30(20-25)41-18-13-17-40-11-2/h14-15,20,23-24,26,28,31,35,37H,10-13,16-19,21H2,1-9H3,(H,34,38)/t24-,26+,28+,31+/m1/s1. The Labute approximate surface area is 253 Å². The number of nitrogens with one attached hydrogen (secondary N) is 2. The van der Waals surface area contributed by atoms with Crippen molar-refractivity contribution in [2.24, 2.45) is 17.8 Å². The molecular formula is C33H56N2O7. The van der Waals surface area contributed by atoms with E-state index >= 15 is 0 Å². The molecule has 0 heterocycles. The number of benzene rings is 1. The van der Waals surface area contributed by atoms with Gasteiger partial charge >= 0.3 is 0 Å². The van der Waals surface area contributed by atoms with Crippen molar-refractivity contribution in [2.75, 3.05) is 33.5 Å². The highest BCUT2D eigenvalue weighted by atomic mass is 16.7. The fourth-order valence-electron chi connectivity index (χ4n) is 4.47. The van der Waals surface area contributed by atoms with Crippen molar-refractivity contribution in [2.45, 2.75) is 105 Å². The minimum atomic E-state index is -1.27. The van der Waals surface area contributed by atoms with Gasteiger partial charge in [0.15, 0.2) is 11.5 Å². The Morgan fingerprint density at radius 3 is 2.36 bits per heavy atom. The van der Waals surface area contributed by atoms with Gasteiger partial charge in [0.25, 0.3) is 0 Å². The van der Waals surface area contributed by atoms with Gasteiger partial charge in [-0.2, -0.15) is 5.48 Å². The highest BCUT2D eigenvalue weighted by Crippen LogP contribution is 2.32. The largest absolute Gasteiger partial charge is 0.493 e. The van der Waals surface area contributed by atoms with Gasteiger partial charge in [-0.15, -0.1) is 0 Å². The summed E-state index contributed by atoms with van der Waals surface area (Å²) in [6.45, 7) is 17.9. The Morgan fingerprint density at radius 2 is 1.79 bits per heavy atom. The number of carbonyl (C=O) groups is 1. The van der Waals surface area contributed by atoms with E-state index in [1.165, 1.54) is 0 Å². The van der Waals surface area contributed by atoms with Crippen LogP contribution in [0.25, 0.3) is 0 Å². The van der Waals surface area contributed by atoms with E-state index in [4.69, 9.17) is 19.0 Å². The summed E-state index contributed by atoms with van der Waals surface area (Å²) in [5.74, 6) is 2.43. The quantitative estimate of drug-likeness (QED) is 0.103. The normalized spacial score (nSPS) is 14.5. The number of hydrogen-bond acceptors (Lipinski definition) is 8. The lowest BCUT2D eigenvalue weighted by molar-refractivity contribution is -0.124. The molecule has 0 aliphatic carbocycles. The molecule has 0 aliphatic rings. The first kappa shape index (κ1) is 37.6. The molecule has 0 aliphatic heterocycles. The van der Waals surface area contributed by atoms with Crippen molar-refractivity contribution < 1.29 is 33.7 Å². The molecule has 1 aromatic rings. The zero-order chi connectivity index (χ0) is 31.7. The Bertz CT molecular complexity index is 970. The molecule has 0 radical (unpaired) electrons. The van der Waals surface area contributed by atoms with E-state index in [0.29, 0.717) is 50.7 Å². The number of ether oxygens (including phenoxy) is 3. The van der Waals surface area contributed by atoms with Crippen LogP contribution in [0.1, 0.15) is 86.6 Å². The maximum Gasteiger partial charge on any atom is 0.227 e. The second-order valence-corrected chi connectivity index (χ2v) is 12.1. The fourth-order valence-corrected chi connectivity index (χ4v) is 4.47. The number of methoxy groups -OCH3 is 1. The van der Waals surface area contributed by atoms with E-state index in [1.54, 1.807) is 14.0 Å². The number of hydrogen-bond donors (Lipinski definition) is 3. The topological polar surface area (TPSA) is 115 Å². The van der Waals surface area contributed by atoms with Crippen LogP contribution < -0.4 is 20.3 Å². The maximum atomic E-state index is 12.7. The molecule has 1 rings (SSSR count). The van der Waals surface area contributed by atoms with Crippen LogP contribution in [0.5, 0.6) is 11.5 Å². The number of amides is 1. The Balaban J connectivity index is 3.18. The molecule has 0 fully saturated rings. The highest BCUT2D eigenvalue weighted by Gasteiger charge is 2.34. The fraction of sp³-hybridized carbons (Fsp3) is 0.727. The summed E-state index contributed by atoms with van der Waals surface area (Å²) in [6.07, 6.45) is 2.47. The average Bonchev–Trinajstić information content (AvgIpc) is 2.94. The molecule has 0 aromatic heterocycles. The summed E-state index contributed by atoms with van der Waals surface area (Å²) in [5.41, 5.74) is 3.56. The SMILES string of the molecule is CCCCNC(=O)[C@H](C)C(=C=O)[C@H](O)[C@H](C[C@H](Cc1ccc(OC)c(OCCCOCC)c1)C(C)C)NOC(C)(C)C. The molecule has 240 valence electrons. The Hall–Kier alpha value is -2.42. The van der Waals surface area contributed by atoms with Crippen LogP contribution in [0.2, 0.25) is 0 Å². The van der Waals surface area contributed by atoms with Gasteiger partial charge in [-0.25, -0.2) is 4.79 Å². The average molecular weight is 593 g/mol. The molecule has 0 bridgehead atoms. The van der Waals surface area contributed by atoms with Crippen LogP contribution in [-0.4, -0.2) is 68.2 Å². The van der Waals surface area contributed by atoms with E-state index < -0.39 is 23.7 Å². The summed E-state index contributed by atoms with van der Waals surface area (Å²) < 4.78 is 16.9. The smallest absolute Gasteiger partial charge is 0.227 e. The lowest BCUT2D eigenvalue weighted by Gasteiger charge is -2.33. The van der Waals surface area contributed by atoms with E-state index in [0.717, 1.165) is 24.8 Å². The Kier molecular flexibility index (Phi) is 17.6. The third kappa shape index (κ3) is 13.7. The third-order valence-corrected chi connectivity index (χ3v) is 7.14. The second-order valence-electron chi connectivity index (χ2n) is 12.1. The van der Waals surface area contributed by atoms with Gasteiger partial charge in [0.1, 0.15) is 12.0 Å². The number of hydroxylamine groups is 1. The molecule has 42 heavy (non-hydrogen) atoms. The predicted molar refractivity (Wildman–Crippen MR) is 166 cm³/mol. The molecule has 9 nitrogen and oxygen atoms in total. The first-order valence-corrected chi connectivity index (χ1v) is 15.4. The predicted octanol–water partition coefficient (Wildman–Crippen LogP) is 5.07. The molecule has 4 atom stereocenters. The zero-order valence-corrected chi connectivity index (χ0v) is 27.4. The van der Waals surface area contributed by atoms with Crippen molar-refractivity contribution in [3.8, 4) is 11.5 Å². The van der Waals surface area contributed by atoms with E-state index in [9.17, 15) is 14.7 Å². The number of carbonyl (C=O) groups excluding carboxylic acids is 2. The monoisotopic (exact) mass is 592 g/mol. The number of rotatable bonds is 21. The van der Waals surface area contributed by atoms with Gasteiger partial charge in [-0.05, 0) is 83.4 Å². The van der Waals surface area contributed by atoms with Crippen LogP contribution in [0, 0.1) is 17.8 Å². The molecule has 0 unspecified atom stereocenters. The first-order chi connectivity index (χ1) is 19.9. The molecule has 3 N–H and O–H groups in total. The Morgan fingerprint density at radius 1 is 1.07 bits per heavy atom. The first-order valence-electron chi connectivity index (χ1n) is 15.4. The number of aliphatic hydroxyl groups excluding tert-OH is 1. The summed E-state index contributed by atoms with van der Waals surface area (Å²) in [7, 11) is 1.62. The van der Waals surface area contributed by atoms with Crippen molar-refractivity contribution >= 4 is 11.8 Å². The van der Waals surface area contributed by atoms with Crippen molar-refractivity contribution in [1.82, 2.24) is 10.8 Å². The van der Waals surface area contributed by atoms with Gasteiger partial charge in [0, 0.05) is 26.2 Å². The summed E-state index contributed by atoms with van der Waals surface area (Å²) in [6, 6.07) is 5.28. The lowest BCUT2D eigenvalue weighted by atomic mass is 9.81. The third-order valence-electron chi connectivity index (χ3n) is 7.14. The van der Waals surface area contributed by atoms with Crippen LogP contribution in [0.15, 0.2) is 23.8 Å². The summed E-state index contributed by atoms with van der Waals surface area (Å²) >= 11 is 0. The van der Waals surface area contributed by atoms with Gasteiger partial charge < -0.3 is 24.6 Å². The molecule has 0 saturated carbocycles. The lowest BCUT2D eigenvalue weighted by Crippen LogP contribution is -2.48. The van der Waals surface area contributed by atoms with Gasteiger partial charge in [0.05, 0.1) is 36.9 Å². The van der Waals surface area contributed by atoms with Crippen LogP contribution in [0.3, 0.4) is 0 Å². The number of unbranched alkanes of at least 4 members (excludes halogenated alkanes) is 1. The molecule has 1 amide bonds.